The van der Waals surface area contributed by atoms with Crippen molar-refractivity contribution in [3.8, 4) is 0 Å². The Bertz CT molecular complexity index is 599. The first-order chi connectivity index (χ1) is 13.3. The molecule has 1 N–H and O–H groups in total. The van der Waals surface area contributed by atoms with Gasteiger partial charge in [0, 0.05) is 25.7 Å². The maximum Gasteiger partial charge on any atom is 0.317 e. The second-order valence-corrected chi connectivity index (χ2v) is 8.82. The molecule has 0 aromatic heterocycles. The number of nitrogens with one attached hydrogen (secondary N) is 1. The van der Waals surface area contributed by atoms with E-state index in [-0.39, 0.29) is 6.03 Å². The van der Waals surface area contributed by atoms with E-state index in [9.17, 15) is 4.79 Å². The highest BCUT2D eigenvalue weighted by Crippen LogP contribution is 2.33. The van der Waals surface area contributed by atoms with Crippen molar-refractivity contribution < 1.29 is 4.79 Å². The monoisotopic (exact) mass is 369 g/mol. The van der Waals surface area contributed by atoms with E-state index in [4.69, 9.17) is 0 Å². The first kappa shape index (κ1) is 18.8. The summed E-state index contributed by atoms with van der Waals surface area (Å²) < 4.78 is 0. The van der Waals surface area contributed by atoms with Crippen molar-refractivity contribution in [1.82, 2.24) is 15.1 Å². The Balaban J connectivity index is 1.31. The van der Waals surface area contributed by atoms with Gasteiger partial charge in [0.15, 0.2) is 0 Å². The lowest BCUT2D eigenvalue weighted by Crippen LogP contribution is -2.53. The van der Waals surface area contributed by atoms with E-state index in [2.05, 4.69) is 39.4 Å². The predicted octanol–water partition coefficient (Wildman–Crippen LogP) is 3.92. The molecule has 0 radical (unpaired) electrons. The fourth-order valence-corrected chi connectivity index (χ4v) is 5.00. The Morgan fingerprint density at radius 2 is 1.81 bits per heavy atom. The number of urea groups is 1. The molecule has 4 rings (SSSR count). The van der Waals surface area contributed by atoms with Crippen molar-refractivity contribution >= 4 is 6.03 Å². The van der Waals surface area contributed by atoms with Crippen LogP contribution in [0.2, 0.25) is 0 Å². The highest BCUT2D eigenvalue weighted by molar-refractivity contribution is 5.74. The fourth-order valence-electron chi connectivity index (χ4n) is 5.00. The van der Waals surface area contributed by atoms with Gasteiger partial charge in [0.2, 0.25) is 0 Å². The molecular weight excluding hydrogens is 334 g/mol. The summed E-state index contributed by atoms with van der Waals surface area (Å²) in [5, 5.41) is 3.20. The molecule has 0 spiro atoms. The number of nitrogens with zero attached hydrogens (tertiary/aromatic N) is 2. The summed E-state index contributed by atoms with van der Waals surface area (Å²) in [7, 11) is 0. The van der Waals surface area contributed by atoms with Gasteiger partial charge in [0.1, 0.15) is 0 Å². The minimum absolute atomic E-state index is 0.158. The van der Waals surface area contributed by atoms with Gasteiger partial charge >= 0.3 is 6.03 Å². The number of hydrogen-bond acceptors (Lipinski definition) is 2. The standard InChI is InChI=1S/C23H35N3O/c27-23(24-14-13-19-7-2-1-3-8-19)26(17-20-11-12-20)18-21-9-6-16-25-15-5-4-10-22(21)25/h1-3,7-8,20-22H,4-6,9-18H2,(H,24,27)/t21-,22+/m0/s1. The second kappa shape index (κ2) is 9.09. The smallest absolute Gasteiger partial charge is 0.317 e. The van der Waals surface area contributed by atoms with E-state index >= 15 is 0 Å². The first-order valence-electron chi connectivity index (χ1n) is 11.1. The largest absolute Gasteiger partial charge is 0.338 e. The molecule has 4 nitrogen and oxygen atoms in total. The van der Waals surface area contributed by atoms with Crippen LogP contribution in [-0.2, 0) is 6.42 Å². The predicted molar refractivity (Wildman–Crippen MR) is 110 cm³/mol. The highest BCUT2D eigenvalue weighted by atomic mass is 16.2. The molecule has 1 aromatic rings. The third kappa shape index (κ3) is 5.25. The summed E-state index contributed by atoms with van der Waals surface area (Å²) >= 11 is 0. The summed E-state index contributed by atoms with van der Waals surface area (Å²) in [6.45, 7) is 5.18. The Kier molecular flexibility index (Phi) is 6.33. The molecular formula is C23H35N3O. The maximum absolute atomic E-state index is 12.9. The van der Waals surface area contributed by atoms with Crippen molar-refractivity contribution in [2.75, 3.05) is 32.7 Å². The Labute approximate surface area is 164 Å². The van der Waals surface area contributed by atoms with E-state index in [1.807, 2.05) is 6.07 Å². The van der Waals surface area contributed by atoms with Crippen LogP contribution in [0.4, 0.5) is 4.79 Å². The quantitative estimate of drug-likeness (QED) is 0.791. The lowest BCUT2D eigenvalue weighted by molar-refractivity contribution is 0.0452. The van der Waals surface area contributed by atoms with Crippen LogP contribution in [0.25, 0.3) is 0 Å². The SMILES string of the molecule is O=C(NCCc1ccccc1)N(CC1CC1)C[C@@H]1CCCN2CCCC[C@H]12. The molecule has 2 atom stereocenters. The minimum atomic E-state index is 0.158. The molecule has 1 aromatic carbocycles. The van der Waals surface area contributed by atoms with Crippen molar-refractivity contribution in [3.05, 3.63) is 35.9 Å². The molecule has 27 heavy (non-hydrogen) atoms. The van der Waals surface area contributed by atoms with Crippen LogP contribution in [0.1, 0.15) is 50.5 Å². The molecule has 1 saturated carbocycles. The van der Waals surface area contributed by atoms with Gasteiger partial charge in [-0.05, 0) is 75.4 Å². The summed E-state index contributed by atoms with van der Waals surface area (Å²) in [5.74, 6) is 1.41. The molecule has 2 aliphatic heterocycles. The molecule has 1 aliphatic carbocycles. The number of benzene rings is 1. The van der Waals surface area contributed by atoms with E-state index in [1.54, 1.807) is 0 Å². The highest BCUT2D eigenvalue weighted by Gasteiger charge is 2.36. The summed E-state index contributed by atoms with van der Waals surface area (Å²) in [4.78, 5) is 17.8. The molecule has 0 bridgehead atoms. The van der Waals surface area contributed by atoms with Crippen LogP contribution in [-0.4, -0.2) is 54.6 Å². The van der Waals surface area contributed by atoms with Gasteiger partial charge in [-0.2, -0.15) is 0 Å². The zero-order chi connectivity index (χ0) is 18.5. The maximum atomic E-state index is 12.9. The second-order valence-electron chi connectivity index (χ2n) is 8.82. The van der Waals surface area contributed by atoms with Crippen molar-refractivity contribution in [2.45, 2.75) is 57.4 Å². The topological polar surface area (TPSA) is 35.6 Å². The van der Waals surface area contributed by atoms with E-state index in [1.165, 1.54) is 63.6 Å². The van der Waals surface area contributed by atoms with Crippen LogP contribution in [0.3, 0.4) is 0 Å². The van der Waals surface area contributed by atoms with Gasteiger partial charge in [-0.25, -0.2) is 4.79 Å². The number of carbonyl (C=O) groups is 1. The van der Waals surface area contributed by atoms with Gasteiger partial charge in [-0.1, -0.05) is 36.8 Å². The zero-order valence-electron chi connectivity index (χ0n) is 16.6. The third-order valence-corrected chi connectivity index (χ3v) is 6.68. The van der Waals surface area contributed by atoms with E-state index < -0.39 is 0 Å². The lowest BCUT2D eigenvalue weighted by atomic mass is 9.83. The molecule has 2 amide bonds. The normalized spacial score (nSPS) is 25.6. The molecule has 148 valence electrons. The summed E-state index contributed by atoms with van der Waals surface area (Å²) in [6, 6.07) is 11.3. The molecule has 3 fully saturated rings. The van der Waals surface area contributed by atoms with Crippen molar-refractivity contribution in [1.29, 1.82) is 0 Å². The Morgan fingerprint density at radius 1 is 1.00 bits per heavy atom. The fraction of sp³-hybridized carbons (Fsp3) is 0.696. The molecule has 4 heteroatoms. The van der Waals surface area contributed by atoms with Crippen molar-refractivity contribution in [2.24, 2.45) is 11.8 Å². The Hall–Kier alpha value is -1.55. The average molecular weight is 370 g/mol. The average Bonchev–Trinajstić information content (AvgIpc) is 3.52. The molecule has 0 unspecified atom stereocenters. The molecule has 2 heterocycles. The minimum Gasteiger partial charge on any atom is -0.338 e. The van der Waals surface area contributed by atoms with Gasteiger partial charge in [0.05, 0.1) is 0 Å². The van der Waals surface area contributed by atoms with Crippen LogP contribution in [0, 0.1) is 11.8 Å². The van der Waals surface area contributed by atoms with Crippen molar-refractivity contribution in [3.63, 3.8) is 0 Å². The third-order valence-electron chi connectivity index (χ3n) is 6.68. The van der Waals surface area contributed by atoms with Gasteiger partial charge in [-0.15, -0.1) is 0 Å². The number of rotatable bonds is 7. The molecule has 2 saturated heterocycles. The van der Waals surface area contributed by atoms with Crippen LogP contribution < -0.4 is 5.32 Å². The number of piperidine rings is 2. The number of fused-ring (bicyclic) bond motifs is 1. The van der Waals surface area contributed by atoms with Gasteiger partial charge in [0.25, 0.3) is 0 Å². The zero-order valence-corrected chi connectivity index (χ0v) is 16.6. The van der Waals surface area contributed by atoms with E-state index in [0.717, 1.165) is 32.0 Å². The van der Waals surface area contributed by atoms with Gasteiger partial charge in [-0.3, -0.25) is 0 Å². The van der Waals surface area contributed by atoms with Crippen LogP contribution in [0.5, 0.6) is 0 Å². The molecule has 3 aliphatic rings. The number of hydrogen-bond donors (Lipinski definition) is 1. The first-order valence-corrected chi connectivity index (χ1v) is 11.1. The number of amides is 2. The summed E-state index contributed by atoms with van der Waals surface area (Å²) in [5.41, 5.74) is 1.29. The van der Waals surface area contributed by atoms with E-state index in [0.29, 0.717) is 12.0 Å². The number of carbonyl (C=O) groups excluding carboxylic acids is 1. The van der Waals surface area contributed by atoms with Gasteiger partial charge < -0.3 is 15.1 Å². The lowest BCUT2D eigenvalue weighted by Gasteiger charge is -2.45. The summed E-state index contributed by atoms with van der Waals surface area (Å²) in [6.07, 6.45) is 10.1. The van der Waals surface area contributed by atoms with Crippen LogP contribution in [0.15, 0.2) is 30.3 Å². The van der Waals surface area contributed by atoms with Crippen LogP contribution >= 0.6 is 0 Å². The Morgan fingerprint density at radius 3 is 2.63 bits per heavy atom.